The second-order valence-electron chi connectivity index (χ2n) is 4.49. The van der Waals surface area contributed by atoms with Crippen LogP contribution < -0.4 is 0 Å². The van der Waals surface area contributed by atoms with E-state index >= 15 is 0 Å². The Hall–Kier alpha value is -1.68. The molecule has 1 aromatic carbocycles. The molecule has 2 heterocycles. The molecule has 0 aliphatic carbocycles. The highest BCUT2D eigenvalue weighted by Gasteiger charge is 2.08. The minimum Gasteiger partial charge on any atom is -0.439 e. The zero-order chi connectivity index (χ0) is 13.2. The third-order valence-corrected chi connectivity index (χ3v) is 3.57. The Morgan fingerprint density at radius 3 is 2.74 bits per heavy atom. The molecule has 19 heavy (non-hydrogen) atoms. The van der Waals surface area contributed by atoms with Crippen LogP contribution in [0.15, 0.2) is 45.4 Å². The smallest absolute Gasteiger partial charge is 0.199 e. The van der Waals surface area contributed by atoms with Gasteiger partial charge in [0, 0.05) is 6.42 Å². The summed E-state index contributed by atoms with van der Waals surface area (Å²) in [6.07, 6.45) is 1.72. The Bertz CT molecular complexity index is 721. The van der Waals surface area contributed by atoms with E-state index in [0.717, 1.165) is 28.9 Å². The van der Waals surface area contributed by atoms with E-state index in [1.165, 1.54) is 11.1 Å². The van der Waals surface area contributed by atoms with E-state index in [1.54, 1.807) is 0 Å². The first kappa shape index (κ1) is 12.4. The fraction of sp³-hybridized carbons (Fsp3) is 0.200. The zero-order valence-electron chi connectivity index (χ0n) is 10.6. The minimum absolute atomic E-state index is 0.661. The normalized spacial score (nSPS) is 11.1. The fourth-order valence-corrected chi connectivity index (χ4v) is 2.38. The Labute approximate surface area is 119 Å². The minimum atomic E-state index is 0.661. The highest BCUT2D eigenvalue weighted by molar-refractivity contribution is 9.10. The fourth-order valence-electron chi connectivity index (χ4n) is 2.08. The molecular formula is C15H13BrN2O. The lowest BCUT2D eigenvalue weighted by molar-refractivity contribution is 0.528. The van der Waals surface area contributed by atoms with Gasteiger partial charge in [-0.05, 0) is 52.5 Å². The lowest BCUT2D eigenvalue weighted by Gasteiger charge is -2.02. The summed E-state index contributed by atoms with van der Waals surface area (Å²) in [5, 5.41) is 0. The first-order valence-electron chi connectivity index (χ1n) is 6.19. The standard InChI is InChI=1S/C15H13BrN2O/c1-10-4-2-3-5-11(10)6-9-14-18-15-12(19-14)7-8-13(16)17-15/h2-5,7-8H,6,9H2,1H3. The van der Waals surface area contributed by atoms with Crippen LogP contribution in [0.2, 0.25) is 0 Å². The third kappa shape index (κ3) is 2.68. The number of aryl methyl sites for hydroxylation is 3. The summed E-state index contributed by atoms with van der Waals surface area (Å²) in [6, 6.07) is 12.1. The summed E-state index contributed by atoms with van der Waals surface area (Å²) in [4.78, 5) is 8.69. The lowest BCUT2D eigenvalue weighted by Crippen LogP contribution is -1.93. The molecule has 0 radical (unpaired) electrons. The molecule has 0 saturated carbocycles. The molecule has 0 N–H and O–H groups in total. The molecule has 4 heteroatoms. The molecule has 96 valence electrons. The molecular weight excluding hydrogens is 304 g/mol. The predicted octanol–water partition coefficient (Wildman–Crippen LogP) is 4.08. The molecule has 0 atom stereocenters. The summed E-state index contributed by atoms with van der Waals surface area (Å²) >= 11 is 3.33. The lowest BCUT2D eigenvalue weighted by atomic mass is 10.0. The maximum Gasteiger partial charge on any atom is 0.199 e. The maximum atomic E-state index is 5.69. The average Bonchev–Trinajstić information content (AvgIpc) is 2.79. The molecule has 0 fully saturated rings. The molecule has 2 aromatic heterocycles. The summed E-state index contributed by atoms with van der Waals surface area (Å²) in [7, 11) is 0. The van der Waals surface area contributed by atoms with Gasteiger partial charge in [-0.25, -0.2) is 4.98 Å². The summed E-state index contributed by atoms with van der Waals surface area (Å²) in [5.74, 6) is 0.740. The van der Waals surface area contributed by atoms with Crippen LogP contribution in [0, 0.1) is 6.92 Å². The Morgan fingerprint density at radius 1 is 1.05 bits per heavy atom. The topological polar surface area (TPSA) is 38.9 Å². The number of halogens is 1. The average molecular weight is 317 g/mol. The van der Waals surface area contributed by atoms with E-state index in [1.807, 2.05) is 12.1 Å². The second kappa shape index (κ2) is 5.13. The molecule has 3 rings (SSSR count). The van der Waals surface area contributed by atoms with Crippen LogP contribution in [-0.4, -0.2) is 9.97 Å². The number of aromatic nitrogens is 2. The Morgan fingerprint density at radius 2 is 1.89 bits per heavy atom. The third-order valence-electron chi connectivity index (χ3n) is 3.13. The van der Waals surface area contributed by atoms with E-state index in [9.17, 15) is 0 Å². The zero-order valence-corrected chi connectivity index (χ0v) is 12.1. The maximum absolute atomic E-state index is 5.69. The molecule has 0 aliphatic rings. The van der Waals surface area contributed by atoms with Gasteiger partial charge < -0.3 is 4.42 Å². The highest BCUT2D eigenvalue weighted by Crippen LogP contribution is 2.18. The number of rotatable bonds is 3. The monoisotopic (exact) mass is 316 g/mol. The van der Waals surface area contributed by atoms with Crippen LogP contribution in [0.4, 0.5) is 0 Å². The van der Waals surface area contributed by atoms with Crippen molar-refractivity contribution < 1.29 is 4.42 Å². The van der Waals surface area contributed by atoms with Gasteiger partial charge in [0.2, 0.25) is 0 Å². The van der Waals surface area contributed by atoms with Crippen LogP contribution in [0.5, 0.6) is 0 Å². The van der Waals surface area contributed by atoms with Gasteiger partial charge in [0.05, 0.1) is 0 Å². The number of nitrogens with zero attached hydrogens (tertiary/aromatic N) is 2. The van der Waals surface area contributed by atoms with Gasteiger partial charge in [-0.3, -0.25) is 0 Å². The van der Waals surface area contributed by atoms with E-state index in [2.05, 4.69) is 57.1 Å². The SMILES string of the molecule is Cc1ccccc1CCc1nc2nc(Br)ccc2o1. The van der Waals surface area contributed by atoms with Crippen molar-refractivity contribution in [3.05, 3.63) is 58.0 Å². The van der Waals surface area contributed by atoms with Crippen molar-refractivity contribution in [2.75, 3.05) is 0 Å². The van der Waals surface area contributed by atoms with Crippen molar-refractivity contribution in [2.45, 2.75) is 19.8 Å². The van der Waals surface area contributed by atoms with Crippen molar-refractivity contribution >= 4 is 27.2 Å². The first-order chi connectivity index (χ1) is 9.22. The van der Waals surface area contributed by atoms with Crippen molar-refractivity contribution in [1.29, 1.82) is 0 Å². The molecule has 0 aliphatic heterocycles. The molecule has 0 unspecified atom stereocenters. The number of benzene rings is 1. The molecule has 0 spiro atoms. The number of hydrogen-bond acceptors (Lipinski definition) is 3. The van der Waals surface area contributed by atoms with Crippen molar-refractivity contribution in [3.63, 3.8) is 0 Å². The largest absolute Gasteiger partial charge is 0.439 e. The number of pyridine rings is 1. The first-order valence-corrected chi connectivity index (χ1v) is 6.98. The van der Waals surface area contributed by atoms with Gasteiger partial charge in [0.1, 0.15) is 4.60 Å². The van der Waals surface area contributed by atoms with E-state index in [0.29, 0.717) is 5.65 Å². The Balaban J connectivity index is 1.80. The van der Waals surface area contributed by atoms with Gasteiger partial charge in [0.15, 0.2) is 17.1 Å². The summed E-state index contributed by atoms with van der Waals surface area (Å²) in [6.45, 7) is 2.13. The summed E-state index contributed by atoms with van der Waals surface area (Å²) < 4.78 is 6.47. The van der Waals surface area contributed by atoms with Gasteiger partial charge in [-0.15, -0.1) is 0 Å². The molecule has 0 bridgehead atoms. The van der Waals surface area contributed by atoms with Crippen LogP contribution in [0.3, 0.4) is 0 Å². The van der Waals surface area contributed by atoms with E-state index in [4.69, 9.17) is 4.42 Å². The van der Waals surface area contributed by atoms with E-state index < -0.39 is 0 Å². The Kier molecular flexibility index (Phi) is 3.34. The van der Waals surface area contributed by atoms with Crippen LogP contribution in [0.1, 0.15) is 17.0 Å². The quantitative estimate of drug-likeness (QED) is 0.683. The van der Waals surface area contributed by atoms with Crippen LogP contribution >= 0.6 is 15.9 Å². The van der Waals surface area contributed by atoms with Crippen LogP contribution in [0.25, 0.3) is 11.2 Å². The second-order valence-corrected chi connectivity index (χ2v) is 5.30. The molecule has 3 nitrogen and oxygen atoms in total. The van der Waals surface area contributed by atoms with E-state index in [-0.39, 0.29) is 0 Å². The summed E-state index contributed by atoms with van der Waals surface area (Å²) in [5.41, 5.74) is 4.04. The highest BCUT2D eigenvalue weighted by atomic mass is 79.9. The van der Waals surface area contributed by atoms with Gasteiger partial charge >= 0.3 is 0 Å². The van der Waals surface area contributed by atoms with Crippen molar-refractivity contribution in [3.8, 4) is 0 Å². The van der Waals surface area contributed by atoms with Gasteiger partial charge in [0.25, 0.3) is 0 Å². The predicted molar refractivity (Wildman–Crippen MR) is 78.1 cm³/mol. The number of fused-ring (bicyclic) bond motifs is 1. The molecule has 0 amide bonds. The van der Waals surface area contributed by atoms with Crippen molar-refractivity contribution in [1.82, 2.24) is 9.97 Å². The van der Waals surface area contributed by atoms with Crippen LogP contribution in [-0.2, 0) is 12.8 Å². The van der Waals surface area contributed by atoms with Crippen molar-refractivity contribution in [2.24, 2.45) is 0 Å². The number of hydrogen-bond donors (Lipinski definition) is 0. The number of oxazole rings is 1. The molecule has 3 aromatic rings. The van der Waals surface area contributed by atoms with Gasteiger partial charge in [-0.1, -0.05) is 24.3 Å². The van der Waals surface area contributed by atoms with Gasteiger partial charge in [-0.2, -0.15) is 4.98 Å². The molecule has 0 saturated heterocycles.